The monoisotopic (exact) mass is 369 g/mol. The minimum atomic E-state index is 0.482. The first-order valence-electron chi connectivity index (χ1n) is 8.88. The molecule has 0 spiro atoms. The third-order valence-electron chi connectivity index (χ3n) is 3.97. The lowest BCUT2D eigenvalue weighted by Gasteiger charge is -2.11. The number of aromatic nitrogens is 3. The number of para-hydroxylation sites is 1. The second-order valence-corrected chi connectivity index (χ2v) is 6.13. The van der Waals surface area contributed by atoms with Crippen molar-refractivity contribution >= 4 is 23.3 Å². The molecule has 138 valence electrons. The highest BCUT2D eigenvalue weighted by Crippen LogP contribution is 2.25. The van der Waals surface area contributed by atoms with E-state index in [0.29, 0.717) is 11.8 Å². The van der Waals surface area contributed by atoms with Gasteiger partial charge in [0.1, 0.15) is 23.1 Å². The van der Waals surface area contributed by atoms with E-state index in [9.17, 15) is 0 Å². The van der Waals surface area contributed by atoms with E-state index >= 15 is 0 Å². The summed E-state index contributed by atoms with van der Waals surface area (Å²) >= 11 is 0. The largest absolute Gasteiger partial charge is 0.457 e. The van der Waals surface area contributed by atoms with Crippen molar-refractivity contribution in [2.24, 2.45) is 0 Å². The molecule has 28 heavy (non-hydrogen) atoms. The molecule has 6 heteroatoms. The number of anilines is 4. The van der Waals surface area contributed by atoms with Crippen LogP contribution >= 0.6 is 0 Å². The molecule has 0 fully saturated rings. The fourth-order valence-electron chi connectivity index (χ4n) is 2.55. The van der Waals surface area contributed by atoms with Crippen LogP contribution in [0.3, 0.4) is 0 Å². The van der Waals surface area contributed by atoms with Crippen LogP contribution in [0, 0.1) is 6.92 Å². The molecule has 0 radical (unpaired) electrons. The van der Waals surface area contributed by atoms with E-state index < -0.39 is 0 Å². The fourth-order valence-corrected chi connectivity index (χ4v) is 2.55. The van der Waals surface area contributed by atoms with Crippen LogP contribution in [0.5, 0.6) is 11.5 Å². The lowest BCUT2D eigenvalue weighted by atomic mass is 10.2. The zero-order chi connectivity index (χ0) is 19.2. The summed E-state index contributed by atoms with van der Waals surface area (Å²) in [5, 5.41) is 6.42. The van der Waals surface area contributed by atoms with Gasteiger partial charge in [0.15, 0.2) is 0 Å². The molecule has 4 rings (SSSR count). The maximum atomic E-state index is 5.82. The Balaban J connectivity index is 1.47. The van der Waals surface area contributed by atoms with Crippen molar-refractivity contribution in [1.29, 1.82) is 0 Å². The molecule has 0 saturated heterocycles. The Kier molecular flexibility index (Phi) is 5.11. The predicted molar refractivity (Wildman–Crippen MR) is 111 cm³/mol. The van der Waals surface area contributed by atoms with Gasteiger partial charge in [-0.05, 0) is 55.5 Å². The number of aryl methyl sites for hydroxylation is 1. The Labute approximate surface area is 163 Å². The molecular weight excluding hydrogens is 350 g/mol. The van der Waals surface area contributed by atoms with Crippen LogP contribution in [0.15, 0.2) is 85.2 Å². The third kappa shape index (κ3) is 4.42. The van der Waals surface area contributed by atoms with E-state index in [0.717, 1.165) is 28.6 Å². The van der Waals surface area contributed by atoms with Crippen LogP contribution in [-0.2, 0) is 0 Å². The highest BCUT2D eigenvalue weighted by Gasteiger charge is 2.06. The lowest BCUT2D eigenvalue weighted by molar-refractivity contribution is 0.483. The Hall–Kier alpha value is -3.93. The molecule has 2 aromatic carbocycles. The smallest absolute Gasteiger partial charge is 0.230 e. The Bertz CT molecular complexity index is 1040. The van der Waals surface area contributed by atoms with Crippen molar-refractivity contribution < 1.29 is 4.74 Å². The molecule has 0 bridgehead atoms. The zero-order valence-electron chi connectivity index (χ0n) is 15.3. The highest BCUT2D eigenvalue weighted by atomic mass is 16.5. The maximum absolute atomic E-state index is 5.82. The number of rotatable bonds is 6. The Morgan fingerprint density at radius 3 is 2.25 bits per heavy atom. The average molecular weight is 369 g/mol. The van der Waals surface area contributed by atoms with Crippen LogP contribution in [0.25, 0.3) is 0 Å². The molecule has 0 aliphatic carbocycles. The Morgan fingerprint density at radius 1 is 0.750 bits per heavy atom. The topological polar surface area (TPSA) is 72.0 Å². The van der Waals surface area contributed by atoms with Gasteiger partial charge in [-0.25, -0.2) is 9.97 Å². The SMILES string of the molecule is Cc1cnc(Nc2ccccn2)nc1Nc1ccc(Oc2ccccc2)cc1. The van der Waals surface area contributed by atoms with E-state index in [4.69, 9.17) is 4.74 Å². The quantitative estimate of drug-likeness (QED) is 0.470. The molecule has 0 aliphatic rings. The second-order valence-electron chi connectivity index (χ2n) is 6.13. The standard InChI is InChI=1S/C22H19N5O/c1-16-15-24-22(26-20-9-5-6-14-23-20)27-21(16)25-17-10-12-19(13-11-17)28-18-7-3-2-4-8-18/h2-15H,1H3,(H2,23,24,25,26,27). The normalized spacial score (nSPS) is 10.3. The number of pyridine rings is 1. The van der Waals surface area contributed by atoms with Gasteiger partial charge in [-0.1, -0.05) is 24.3 Å². The van der Waals surface area contributed by atoms with Crippen molar-refractivity contribution in [3.8, 4) is 11.5 Å². The van der Waals surface area contributed by atoms with E-state index in [1.165, 1.54) is 0 Å². The number of hydrogen-bond donors (Lipinski definition) is 2. The first-order chi connectivity index (χ1) is 13.8. The second kappa shape index (κ2) is 8.18. The van der Waals surface area contributed by atoms with Gasteiger partial charge < -0.3 is 15.4 Å². The number of benzene rings is 2. The summed E-state index contributed by atoms with van der Waals surface area (Å²) in [6.45, 7) is 1.96. The van der Waals surface area contributed by atoms with Gasteiger partial charge in [-0.15, -0.1) is 0 Å². The average Bonchev–Trinajstić information content (AvgIpc) is 2.73. The van der Waals surface area contributed by atoms with Crippen LogP contribution in [0.2, 0.25) is 0 Å². The molecule has 0 saturated carbocycles. The minimum Gasteiger partial charge on any atom is -0.457 e. The minimum absolute atomic E-state index is 0.482. The first-order valence-corrected chi connectivity index (χ1v) is 8.88. The van der Waals surface area contributed by atoms with Crippen LogP contribution in [-0.4, -0.2) is 15.0 Å². The molecule has 6 nitrogen and oxygen atoms in total. The molecule has 0 aliphatic heterocycles. The molecule has 0 atom stereocenters. The number of ether oxygens (including phenoxy) is 1. The molecular formula is C22H19N5O. The number of nitrogens with one attached hydrogen (secondary N) is 2. The van der Waals surface area contributed by atoms with Gasteiger partial charge in [0, 0.05) is 23.6 Å². The summed E-state index contributed by atoms with van der Waals surface area (Å²) in [4.78, 5) is 13.1. The van der Waals surface area contributed by atoms with Gasteiger partial charge in [0.05, 0.1) is 0 Å². The van der Waals surface area contributed by atoms with Crippen LogP contribution in [0.4, 0.5) is 23.3 Å². The summed E-state index contributed by atoms with van der Waals surface area (Å²) < 4.78 is 5.82. The van der Waals surface area contributed by atoms with Crippen molar-refractivity contribution in [3.05, 3.63) is 90.8 Å². The molecule has 4 aromatic rings. The predicted octanol–water partition coefficient (Wildman–Crippen LogP) is 5.46. The number of hydrogen-bond acceptors (Lipinski definition) is 6. The van der Waals surface area contributed by atoms with Crippen molar-refractivity contribution in [3.63, 3.8) is 0 Å². The molecule has 2 heterocycles. The van der Waals surface area contributed by atoms with Gasteiger partial charge >= 0.3 is 0 Å². The van der Waals surface area contributed by atoms with E-state index in [-0.39, 0.29) is 0 Å². The molecule has 0 unspecified atom stereocenters. The summed E-state index contributed by atoms with van der Waals surface area (Å²) in [6, 6.07) is 23.1. The fraction of sp³-hybridized carbons (Fsp3) is 0.0455. The third-order valence-corrected chi connectivity index (χ3v) is 3.97. The zero-order valence-corrected chi connectivity index (χ0v) is 15.3. The summed E-state index contributed by atoms with van der Waals surface area (Å²) in [6.07, 6.45) is 3.49. The van der Waals surface area contributed by atoms with Gasteiger partial charge in [0.2, 0.25) is 5.95 Å². The molecule has 0 amide bonds. The number of nitrogens with zero attached hydrogens (tertiary/aromatic N) is 3. The van der Waals surface area contributed by atoms with Crippen molar-refractivity contribution in [1.82, 2.24) is 15.0 Å². The van der Waals surface area contributed by atoms with E-state index in [2.05, 4.69) is 25.6 Å². The van der Waals surface area contributed by atoms with Crippen LogP contribution < -0.4 is 15.4 Å². The van der Waals surface area contributed by atoms with Gasteiger partial charge in [0.25, 0.3) is 0 Å². The van der Waals surface area contributed by atoms with E-state index in [1.54, 1.807) is 12.4 Å². The van der Waals surface area contributed by atoms with E-state index in [1.807, 2.05) is 79.7 Å². The van der Waals surface area contributed by atoms with Crippen molar-refractivity contribution in [2.75, 3.05) is 10.6 Å². The summed E-state index contributed by atoms with van der Waals surface area (Å²) in [5.74, 6) is 3.48. The highest BCUT2D eigenvalue weighted by molar-refractivity contribution is 5.61. The summed E-state index contributed by atoms with van der Waals surface area (Å²) in [7, 11) is 0. The lowest BCUT2D eigenvalue weighted by Crippen LogP contribution is -2.03. The molecule has 2 aromatic heterocycles. The Morgan fingerprint density at radius 2 is 1.50 bits per heavy atom. The maximum Gasteiger partial charge on any atom is 0.230 e. The van der Waals surface area contributed by atoms with Gasteiger partial charge in [-0.2, -0.15) is 4.98 Å². The van der Waals surface area contributed by atoms with Crippen molar-refractivity contribution in [2.45, 2.75) is 6.92 Å². The summed E-state index contributed by atoms with van der Waals surface area (Å²) in [5.41, 5.74) is 1.85. The van der Waals surface area contributed by atoms with Gasteiger partial charge in [-0.3, -0.25) is 0 Å². The molecule has 2 N–H and O–H groups in total. The first kappa shape index (κ1) is 17.5. The van der Waals surface area contributed by atoms with Crippen LogP contribution in [0.1, 0.15) is 5.56 Å².